The van der Waals surface area contributed by atoms with E-state index in [1.165, 1.54) is 22.4 Å². The summed E-state index contributed by atoms with van der Waals surface area (Å²) in [5.74, 6) is 1.02. The van der Waals surface area contributed by atoms with Gasteiger partial charge in [0.2, 0.25) is 0 Å². The maximum Gasteiger partial charge on any atom is 0.131 e. The van der Waals surface area contributed by atoms with Crippen molar-refractivity contribution < 1.29 is 5.11 Å². The normalized spacial score (nSPS) is 19.5. The first-order valence-corrected chi connectivity index (χ1v) is 8.25. The summed E-state index contributed by atoms with van der Waals surface area (Å²) in [5.41, 5.74) is 5.47. The minimum atomic E-state index is -0.796. The molecule has 1 atom stereocenters. The molecule has 4 nitrogen and oxygen atoms in total. The van der Waals surface area contributed by atoms with E-state index in [2.05, 4.69) is 34.4 Å². The van der Waals surface area contributed by atoms with E-state index >= 15 is 0 Å². The van der Waals surface area contributed by atoms with Crippen molar-refractivity contribution in [3.63, 3.8) is 0 Å². The van der Waals surface area contributed by atoms with Crippen LogP contribution in [0.5, 0.6) is 0 Å². The molecule has 3 heterocycles. The van der Waals surface area contributed by atoms with Gasteiger partial charge in [-0.05, 0) is 37.0 Å². The number of benzene rings is 1. The lowest BCUT2D eigenvalue weighted by atomic mass is 9.94. The van der Waals surface area contributed by atoms with Crippen LogP contribution >= 0.6 is 0 Å². The molecule has 1 aromatic carbocycles. The highest BCUT2D eigenvalue weighted by molar-refractivity contribution is 5.72. The summed E-state index contributed by atoms with van der Waals surface area (Å²) in [7, 11) is 2.16. The Bertz CT molecular complexity index is 746. The van der Waals surface area contributed by atoms with Gasteiger partial charge >= 0.3 is 0 Å². The average molecular weight is 309 g/mol. The topological polar surface area (TPSA) is 48.4 Å². The maximum atomic E-state index is 10.1. The van der Waals surface area contributed by atoms with E-state index in [0.717, 1.165) is 30.8 Å². The molecule has 0 aliphatic carbocycles. The molecule has 1 unspecified atom stereocenters. The Morgan fingerprint density at radius 3 is 2.70 bits per heavy atom. The van der Waals surface area contributed by atoms with Crippen molar-refractivity contribution >= 4 is 11.5 Å². The highest BCUT2D eigenvalue weighted by Gasteiger charge is 2.30. The van der Waals surface area contributed by atoms with Gasteiger partial charge in [-0.25, -0.2) is 4.98 Å². The average Bonchev–Trinajstić information content (AvgIpc) is 3.10. The fraction of sp³-hybridized carbons (Fsp3) is 0.421. The molecule has 120 valence electrons. The number of anilines is 2. The largest absolute Gasteiger partial charge is 0.386 e. The molecule has 0 saturated heterocycles. The van der Waals surface area contributed by atoms with Crippen LogP contribution in [0.4, 0.5) is 11.5 Å². The van der Waals surface area contributed by atoms with Gasteiger partial charge in [-0.15, -0.1) is 0 Å². The summed E-state index contributed by atoms with van der Waals surface area (Å²) in [6, 6.07) is 8.52. The summed E-state index contributed by atoms with van der Waals surface area (Å²) < 4.78 is 0. The van der Waals surface area contributed by atoms with E-state index in [0.29, 0.717) is 0 Å². The third kappa shape index (κ3) is 2.38. The molecule has 0 saturated carbocycles. The van der Waals surface area contributed by atoms with Crippen LogP contribution in [-0.2, 0) is 18.4 Å². The minimum Gasteiger partial charge on any atom is -0.386 e. The molecule has 4 heteroatoms. The Morgan fingerprint density at radius 1 is 1.26 bits per heavy atom. The molecule has 0 amide bonds. The molecule has 2 aliphatic heterocycles. The summed E-state index contributed by atoms with van der Waals surface area (Å²) in [6.45, 7) is 4.71. The van der Waals surface area contributed by atoms with Crippen LogP contribution in [0.1, 0.15) is 42.1 Å². The SMILES string of the molecule is CN1CCc2cnc3c(c21)CC(c1ccc(C(C)(C)O)cc1)N3. The number of hydrogen-bond acceptors (Lipinski definition) is 4. The Balaban J connectivity index is 1.63. The molecule has 0 fully saturated rings. The fourth-order valence-electron chi connectivity index (χ4n) is 3.71. The zero-order valence-corrected chi connectivity index (χ0v) is 13.9. The quantitative estimate of drug-likeness (QED) is 0.895. The van der Waals surface area contributed by atoms with Gasteiger partial charge in [-0.3, -0.25) is 0 Å². The van der Waals surface area contributed by atoms with E-state index in [1.54, 1.807) is 0 Å². The monoisotopic (exact) mass is 309 g/mol. The van der Waals surface area contributed by atoms with Crippen molar-refractivity contribution in [1.29, 1.82) is 0 Å². The van der Waals surface area contributed by atoms with Crippen LogP contribution in [-0.4, -0.2) is 23.7 Å². The number of rotatable bonds is 2. The summed E-state index contributed by atoms with van der Waals surface area (Å²) in [6.07, 6.45) is 4.08. The van der Waals surface area contributed by atoms with E-state index in [4.69, 9.17) is 0 Å². The van der Waals surface area contributed by atoms with Gasteiger partial charge in [-0.2, -0.15) is 0 Å². The second-order valence-corrected chi connectivity index (χ2v) is 7.21. The number of aliphatic hydroxyl groups is 1. The van der Waals surface area contributed by atoms with Gasteiger partial charge < -0.3 is 15.3 Å². The van der Waals surface area contributed by atoms with Gasteiger partial charge in [0.25, 0.3) is 0 Å². The zero-order chi connectivity index (χ0) is 16.2. The first-order chi connectivity index (χ1) is 10.9. The van der Waals surface area contributed by atoms with Crippen molar-refractivity contribution in [2.24, 2.45) is 0 Å². The molecule has 2 aliphatic rings. The van der Waals surface area contributed by atoms with E-state index < -0.39 is 5.60 Å². The minimum absolute atomic E-state index is 0.258. The standard InChI is InChI=1S/C19H23N3O/c1-19(2,23)14-6-4-12(5-7-14)16-10-15-17-13(8-9-22(17)3)11-20-18(15)21-16/h4-7,11,16,23H,8-10H2,1-3H3,(H,20,21). The first kappa shape index (κ1) is 14.5. The van der Waals surface area contributed by atoms with Crippen molar-refractivity contribution in [2.45, 2.75) is 38.3 Å². The summed E-state index contributed by atoms with van der Waals surface area (Å²) in [5, 5.41) is 13.6. The molecule has 4 rings (SSSR count). The van der Waals surface area contributed by atoms with E-state index in [9.17, 15) is 5.11 Å². The number of fused-ring (bicyclic) bond motifs is 3. The maximum absolute atomic E-state index is 10.1. The number of hydrogen-bond donors (Lipinski definition) is 2. The van der Waals surface area contributed by atoms with E-state index in [-0.39, 0.29) is 6.04 Å². The van der Waals surface area contributed by atoms with Crippen molar-refractivity contribution in [3.05, 3.63) is 52.7 Å². The predicted octanol–water partition coefficient (Wildman–Crippen LogP) is 3.01. The third-order valence-electron chi connectivity index (χ3n) is 5.06. The molecular formula is C19H23N3O. The second kappa shape index (κ2) is 4.96. The lowest BCUT2D eigenvalue weighted by Crippen LogP contribution is -2.15. The highest BCUT2D eigenvalue weighted by Crippen LogP contribution is 2.42. The number of pyridine rings is 1. The van der Waals surface area contributed by atoms with Gasteiger partial charge in [0.15, 0.2) is 0 Å². The van der Waals surface area contributed by atoms with Crippen LogP contribution < -0.4 is 10.2 Å². The van der Waals surface area contributed by atoms with Crippen molar-refractivity contribution in [1.82, 2.24) is 4.98 Å². The zero-order valence-electron chi connectivity index (χ0n) is 13.9. The lowest BCUT2D eigenvalue weighted by Gasteiger charge is -2.19. The van der Waals surface area contributed by atoms with Crippen LogP contribution in [0.2, 0.25) is 0 Å². The Hall–Kier alpha value is -2.07. The van der Waals surface area contributed by atoms with Gasteiger partial charge in [0.1, 0.15) is 5.82 Å². The van der Waals surface area contributed by atoms with Crippen molar-refractivity contribution in [3.8, 4) is 0 Å². The van der Waals surface area contributed by atoms with Crippen LogP contribution in [0, 0.1) is 0 Å². The number of nitrogens with one attached hydrogen (secondary N) is 1. The molecule has 23 heavy (non-hydrogen) atoms. The molecule has 0 spiro atoms. The third-order valence-corrected chi connectivity index (χ3v) is 5.06. The summed E-state index contributed by atoms with van der Waals surface area (Å²) in [4.78, 5) is 6.96. The molecule has 0 radical (unpaired) electrons. The highest BCUT2D eigenvalue weighted by atomic mass is 16.3. The molecule has 2 N–H and O–H groups in total. The van der Waals surface area contributed by atoms with Crippen LogP contribution in [0.3, 0.4) is 0 Å². The first-order valence-electron chi connectivity index (χ1n) is 8.25. The number of likely N-dealkylation sites (N-methyl/N-ethyl adjacent to an activating group) is 1. The predicted molar refractivity (Wildman–Crippen MR) is 93.0 cm³/mol. The summed E-state index contributed by atoms with van der Waals surface area (Å²) >= 11 is 0. The van der Waals surface area contributed by atoms with Gasteiger partial charge in [-0.1, -0.05) is 24.3 Å². The van der Waals surface area contributed by atoms with Gasteiger partial charge in [0, 0.05) is 37.5 Å². The molecule has 0 bridgehead atoms. The molecule has 2 aromatic rings. The van der Waals surface area contributed by atoms with Crippen LogP contribution in [0.15, 0.2) is 30.5 Å². The van der Waals surface area contributed by atoms with E-state index in [1.807, 2.05) is 32.2 Å². The van der Waals surface area contributed by atoms with Gasteiger partial charge in [0.05, 0.1) is 11.6 Å². The van der Waals surface area contributed by atoms with Crippen LogP contribution in [0.25, 0.3) is 0 Å². The number of nitrogens with zero attached hydrogens (tertiary/aromatic N) is 2. The Morgan fingerprint density at radius 2 is 2.00 bits per heavy atom. The smallest absolute Gasteiger partial charge is 0.131 e. The fourth-order valence-corrected chi connectivity index (χ4v) is 3.71. The Labute approximate surface area is 137 Å². The number of aromatic nitrogens is 1. The Kier molecular flexibility index (Phi) is 3.13. The molecule has 1 aromatic heterocycles. The van der Waals surface area contributed by atoms with Crippen molar-refractivity contribution in [2.75, 3.05) is 23.8 Å². The molecular weight excluding hydrogens is 286 g/mol. The lowest BCUT2D eigenvalue weighted by molar-refractivity contribution is 0.0786. The second-order valence-electron chi connectivity index (χ2n) is 7.21.